The van der Waals surface area contributed by atoms with Crippen LogP contribution in [0.4, 0.5) is 14.9 Å². The molecule has 3 N–H and O–H groups in total. The summed E-state index contributed by atoms with van der Waals surface area (Å²) in [6.45, 7) is -0.211. The Hall–Kier alpha value is -3.66. The Bertz CT molecular complexity index is 1080. The number of aromatic carboxylic acids is 1. The van der Waals surface area contributed by atoms with E-state index in [0.29, 0.717) is 17.3 Å². The zero-order valence-corrected chi connectivity index (χ0v) is 16.1. The molecule has 1 aliphatic rings. The number of carbonyl (C=O) groups excluding carboxylic acids is 3. The number of anilines is 1. The minimum atomic E-state index is -1.34. The molecule has 10 heteroatoms. The van der Waals surface area contributed by atoms with Gasteiger partial charge in [0, 0.05) is 13.0 Å². The van der Waals surface area contributed by atoms with Gasteiger partial charge in [0.2, 0.25) is 5.91 Å². The van der Waals surface area contributed by atoms with E-state index in [2.05, 4.69) is 5.32 Å². The van der Waals surface area contributed by atoms with E-state index in [0.717, 1.165) is 11.0 Å². The second kappa shape index (κ2) is 8.78. The van der Waals surface area contributed by atoms with Gasteiger partial charge < -0.3 is 15.5 Å². The zero-order chi connectivity index (χ0) is 21.8. The Balaban J connectivity index is 1.65. The number of carboxylic acids is 1. The van der Waals surface area contributed by atoms with Crippen molar-refractivity contribution in [1.82, 2.24) is 4.90 Å². The van der Waals surface area contributed by atoms with Crippen molar-refractivity contribution in [3.63, 3.8) is 0 Å². The van der Waals surface area contributed by atoms with Crippen molar-refractivity contribution >= 4 is 46.5 Å². The van der Waals surface area contributed by atoms with Gasteiger partial charge >= 0.3 is 5.97 Å². The first-order valence-electron chi connectivity index (χ1n) is 8.61. The monoisotopic (exact) mass is 430 g/mol. The van der Waals surface area contributed by atoms with Gasteiger partial charge in [-0.25, -0.2) is 9.18 Å². The Morgan fingerprint density at radius 1 is 1.17 bits per heavy atom. The fraction of sp³-hybridized carbons (Fsp3) is 0.100. The summed E-state index contributed by atoms with van der Waals surface area (Å²) in [6, 6.07) is 8.98. The highest BCUT2D eigenvalue weighted by molar-refractivity contribution is 8.18. The Kier molecular flexibility index (Phi) is 6.17. The highest BCUT2D eigenvalue weighted by Crippen LogP contribution is 2.32. The van der Waals surface area contributed by atoms with Crippen molar-refractivity contribution in [2.45, 2.75) is 6.42 Å². The third kappa shape index (κ3) is 4.84. The molecular formula is C20H15FN2O6S. The van der Waals surface area contributed by atoms with Crippen LogP contribution in [-0.2, 0) is 9.59 Å². The zero-order valence-electron chi connectivity index (χ0n) is 15.3. The van der Waals surface area contributed by atoms with Crippen LogP contribution < -0.4 is 5.32 Å². The minimum absolute atomic E-state index is 0.0227. The van der Waals surface area contributed by atoms with E-state index in [9.17, 15) is 28.7 Å². The maximum atomic E-state index is 13.3. The first-order chi connectivity index (χ1) is 14.2. The molecule has 0 bridgehead atoms. The SMILES string of the molecule is O=C(CCN1C(=O)S/C(=C\c2cccc(F)c2)C1=O)Nc1ccc(O)cc1C(=O)O. The van der Waals surface area contributed by atoms with Gasteiger partial charge in [-0.05, 0) is 53.7 Å². The summed E-state index contributed by atoms with van der Waals surface area (Å²) in [5.74, 6) is -3.30. The molecule has 0 saturated carbocycles. The summed E-state index contributed by atoms with van der Waals surface area (Å²) in [4.78, 5) is 49.0. The van der Waals surface area contributed by atoms with Gasteiger partial charge in [0.25, 0.3) is 11.1 Å². The van der Waals surface area contributed by atoms with Gasteiger partial charge in [0.15, 0.2) is 0 Å². The van der Waals surface area contributed by atoms with E-state index in [1.165, 1.54) is 36.4 Å². The number of benzene rings is 2. The molecule has 3 rings (SSSR count). The number of phenolic OH excluding ortho intramolecular Hbond substituents is 1. The number of amides is 3. The lowest BCUT2D eigenvalue weighted by molar-refractivity contribution is -0.123. The van der Waals surface area contributed by atoms with Crippen molar-refractivity contribution in [3.05, 3.63) is 64.3 Å². The molecule has 154 valence electrons. The molecule has 0 aliphatic carbocycles. The topological polar surface area (TPSA) is 124 Å². The van der Waals surface area contributed by atoms with Crippen LogP contribution in [0, 0.1) is 5.82 Å². The number of nitrogens with one attached hydrogen (secondary N) is 1. The molecule has 1 aliphatic heterocycles. The number of imide groups is 1. The Labute approximate surface area is 174 Å². The number of hydrogen-bond acceptors (Lipinski definition) is 6. The number of hydrogen-bond donors (Lipinski definition) is 3. The van der Waals surface area contributed by atoms with Gasteiger partial charge in [-0.3, -0.25) is 19.3 Å². The predicted octanol–water partition coefficient (Wildman–Crippen LogP) is 3.29. The normalized spacial score (nSPS) is 15.0. The number of halogens is 1. The quantitative estimate of drug-likeness (QED) is 0.474. The summed E-state index contributed by atoms with van der Waals surface area (Å²) < 4.78 is 13.3. The van der Waals surface area contributed by atoms with E-state index in [1.807, 2.05) is 0 Å². The van der Waals surface area contributed by atoms with Crippen LogP contribution in [0.3, 0.4) is 0 Å². The molecule has 0 spiro atoms. The number of carboxylic acid groups (broad SMARTS) is 1. The summed E-state index contributed by atoms with van der Waals surface area (Å²) in [5.41, 5.74) is 0.102. The average Bonchev–Trinajstić information content (AvgIpc) is 2.94. The van der Waals surface area contributed by atoms with Crippen molar-refractivity contribution in [1.29, 1.82) is 0 Å². The lowest BCUT2D eigenvalue weighted by Gasteiger charge is -2.13. The van der Waals surface area contributed by atoms with E-state index in [1.54, 1.807) is 6.07 Å². The largest absolute Gasteiger partial charge is 0.508 e. The summed E-state index contributed by atoms with van der Waals surface area (Å²) in [5, 5.41) is 20.4. The molecule has 0 radical (unpaired) electrons. The number of phenols is 1. The Morgan fingerprint density at radius 3 is 2.63 bits per heavy atom. The smallest absolute Gasteiger partial charge is 0.337 e. The van der Waals surface area contributed by atoms with Gasteiger partial charge in [0.05, 0.1) is 16.2 Å². The second-order valence-corrected chi connectivity index (χ2v) is 7.21. The minimum Gasteiger partial charge on any atom is -0.508 e. The maximum absolute atomic E-state index is 13.3. The van der Waals surface area contributed by atoms with E-state index in [4.69, 9.17) is 5.11 Å². The van der Waals surface area contributed by atoms with Crippen LogP contribution in [-0.4, -0.2) is 44.7 Å². The lowest BCUT2D eigenvalue weighted by atomic mass is 10.1. The number of aromatic hydroxyl groups is 1. The standard InChI is InChI=1S/C20H15FN2O6S/c21-12-3-1-2-11(8-12)9-16-18(26)23(20(29)30-16)7-6-17(25)22-15-5-4-13(24)10-14(15)19(27)28/h1-5,8-10,24H,6-7H2,(H,22,25)(H,27,28)/b16-9-. The summed E-state index contributed by atoms with van der Waals surface area (Å²) in [7, 11) is 0. The van der Waals surface area contributed by atoms with Crippen molar-refractivity contribution in [2.75, 3.05) is 11.9 Å². The van der Waals surface area contributed by atoms with Gasteiger partial charge in [-0.1, -0.05) is 12.1 Å². The molecule has 2 aromatic carbocycles. The molecule has 0 atom stereocenters. The number of carbonyl (C=O) groups is 4. The molecule has 1 fully saturated rings. The van der Waals surface area contributed by atoms with E-state index in [-0.39, 0.29) is 34.9 Å². The fourth-order valence-electron chi connectivity index (χ4n) is 2.68. The summed E-state index contributed by atoms with van der Waals surface area (Å²) in [6.07, 6.45) is 1.13. The van der Waals surface area contributed by atoms with Crippen LogP contribution in [0.1, 0.15) is 22.3 Å². The molecule has 2 aromatic rings. The van der Waals surface area contributed by atoms with Crippen LogP contribution in [0.2, 0.25) is 0 Å². The first kappa shape index (κ1) is 21.1. The van der Waals surface area contributed by atoms with Crippen molar-refractivity contribution < 1.29 is 33.8 Å². The number of nitrogens with zero attached hydrogens (tertiary/aromatic N) is 1. The highest BCUT2D eigenvalue weighted by atomic mass is 32.2. The maximum Gasteiger partial charge on any atom is 0.337 e. The molecule has 30 heavy (non-hydrogen) atoms. The van der Waals surface area contributed by atoms with E-state index >= 15 is 0 Å². The van der Waals surface area contributed by atoms with Crippen molar-refractivity contribution in [2.24, 2.45) is 0 Å². The third-order valence-electron chi connectivity index (χ3n) is 4.09. The fourth-order valence-corrected chi connectivity index (χ4v) is 3.55. The first-order valence-corrected chi connectivity index (χ1v) is 9.43. The highest BCUT2D eigenvalue weighted by Gasteiger charge is 2.35. The van der Waals surface area contributed by atoms with Crippen LogP contribution in [0.5, 0.6) is 5.75 Å². The molecule has 8 nitrogen and oxygen atoms in total. The molecule has 1 heterocycles. The third-order valence-corrected chi connectivity index (χ3v) is 5.00. The van der Waals surface area contributed by atoms with Gasteiger partial charge in [-0.15, -0.1) is 0 Å². The van der Waals surface area contributed by atoms with Crippen LogP contribution in [0.15, 0.2) is 47.4 Å². The molecule has 3 amide bonds. The van der Waals surface area contributed by atoms with Gasteiger partial charge in [-0.2, -0.15) is 0 Å². The van der Waals surface area contributed by atoms with Gasteiger partial charge in [0.1, 0.15) is 11.6 Å². The molecule has 0 aromatic heterocycles. The second-order valence-electron chi connectivity index (χ2n) is 6.22. The Morgan fingerprint density at radius 2 is 1.93 bits per heavy atom. The lowest BCUT2D eigenvalue weighted by Crippen LogP contribution is -2.31. The van der Waals surface area contributed by atoms with Crippen LogP contribution in [0.25, 0.3) is 6.08 Å². The molecule has 1 saturated heterocycles. The number of rotatable bonds is 6. The average molecular weight is 430 g/mol. The molecule has 0 unspecified atom stereocenters. The van der Waals surface area contributed by atoms with Crippen LogP contribution >= 0.6 is 11.8 Å². The van der Waals surface area contributed by atoms with Crippen molar-refractivity contribution in [3.8, 4) is 5.75 Å². The summed E-state index contributed by atoms with van der Waals surface area (Å²) >= 11 is 0.685. The molecular weight excluding hydrogens is 415 g/mol. The predicted molar refractivity (Wildman–Crippen MR) is 107 cm³/mol. The van der Waals surface area contributed by atoms with E-state index < -0.39 is 28.8 Å². The number of thioether (sulfide) groups is 1.